The summed E-state index contributed by atoms with van der Waals surface area (Å²) in [6.45, 7) is 2.03. The Morgan fingerprint density at radius 2 is 2.06 bits per heavy atom. The molecule has 0 aliphatic carbocycles. The highest BCUT2D eigenvalue weighted by Gasteiger charge is 2.15. The van der Waals surface area contributed by atoms with Gasteiger partial charge in [0.2, 0.25) is 0 Å². The van der Waals surface area contributed by atoms with Crippen molar-refractivity contribution in [1.29, 1.82) is 0 Å². The Kier molecular flexibility index (Phi) is 3.42. The quantitative estimate of drug-likeness (QED) is 0.891. The number of aryl methyl sites for hydroxylation is 1. The van der Waals surface area contributed by atoms with E-state index in [0.29, 0.717) is 4.47 Å². The molecule has 1 aromatic carbocycles. The molecule has 1 atom stereocenters. The third-order valence-corrected chi connectivity index (χ3v) is 4.30. The van der Waals surface area contributed by atoms with Crippen molar-refractivity contribution in [2.45, 2.75) is 13.0 Å². The van der Waals surface area contributed by atoms with Gasteiger partial charge in [0.05, 0.1) is 10.5 Å². The van der Waals surface area contributed by atoms with Gasteiger partial charge in [0.25, 0.3) is 0 Å². The van der Waals surface area contributed by atoms with E-state index in [0.717, 1.165) is 10.4 Å². The molecule has 1 unspecified atom stereocenters. The van der Waals surface area contributed by atoms with E-state index in [9.17, 15) is 4.39 Å². The van der Waals surface area contributed by atoms with Crippen LogP contribution in [0, 0.1) is 12.7 Å². The molecule has 1 aromatic heterocycles. The molecule has 0 radical (unpaired) electrons. The van der Waals surface area contributed by atoms with Crippen molar-refractivity contribution in [3.8, 4) is 0 Å². The molecule has 0 spiro atoms. The maximum Gasteiger partial charge on any atom is 0.137 e. The predicted molar refractivity (Wildman–Crippen MR) is 69.2 cm³/mol. The van der Waals surface area contributed by atoms with Crippen molar-refractivity contribution in [3.05, 3.63) is 55.9 Å². The second kappa shape index (κ2) is 4.65. The Morgan fingerprint density at radius 3 is 2.69 bits per heavy atom. The van der Waals surface area contributed by atoms with E-state index < -0.39 is 0 Å². The lowest BCUT2D eigenvalue weighted by Gasteiger charge is -2.12. The Morgan fingerprint density at radius 1 is 1.31 bits per heavy atom. The molecule has 2 N–H and O–H groups in total. The number of benzene rings is 1. The molecule has 0 saturated carbocycles. The van der Waals surface area contributed by atoms with E-state index in [1.807, 2.05) is 25.1 Å². The van der Waals surface area contributed by atoms with Crippen molar-refractivity contribution in [3.63, 3.8) is 0 Å². The van der Waals surface area contributed by atoms with E-state index in [1.165, 1.54) is 10.9 Å². The van der Waals surface area contributed by atoms with Gasteiger partial charge in [-0.15, -0.1) is 11.3 Å². The highest BCUT2D eigenvalue weighted by molar-refractivity contribution is 9.10. The lowest BCUT2D eigenvalue weighted by molar-refractivity contribution is 0.616. The Labute approximate surface area is 106 Å². The van der Waals surface area contributed by atoms with Gasteiger partial charge in [0.1, 0.15) is 5.82 Å². The minimum Gasteiger partial charge on any atom is -0.320 e. The minimum atomic E-state index is -0.277. The summed E-state index contributed by atoms with van der Waals surface area (Å²) in [5.74, 6) is -0.277. The second-order valence-electron chi connectivity index (χ2n) is 3.57. The van der Waals surface area contributed by atoms with Crippen LogP contribution in [0.1, 0.15) is 21.4 Å². The van der Waals surface area contributed by atoms with Crippen LogP contribution in [0.4, 0.5) is 4.39 Å². The molecule has 0 amide bonds. The zero-order chi connectivity index (χ0) is 11.7. The van der Waals surface area contributed by atoms with Crippen LogP contribution in [0.5, 0.6) is 0 Å². The molecule has 4 heteroatoms. The Hall–Kier alpha value is -0.710. The number of hydrogen-bond acceptors (Lipinski definition) is 2. The van der Waals surface area contributed by atoms with Crippen LogP contribution in [0.15, 0.2) is 34.8 Å². The predicted octanol–water partition coefficient (Wildman–Crippen LogP) is 4.01. The van der Waals surface area contributed by atoms with Crippen LogP contribution in [0.25, 0.3) is 0 Å². The van der Waals surface area contributed by atoms with E-state index in [4.69, 9.17) is 5.73 Å². The summed E-state index contributed by atoms with van der Waals surface area (Å²) in [5, 5.41) is 0. The van der Waals surface area contributed by atoms with Crippen molar-refractivity contribution in [2.75, 3.05) is 0 Å². The van der Waals surface area contributed by atoms with Gasteiger partial charge in [-0.3, -0.25) is 0 Å². The molecule has 84 valence electrons. The molecule has 0 saturated heterocycles. The van der Waals surface area contributed by atoms with E-state index in [-0.39, 0.29) is 11.9 Å². The largest absolute Gasteiger partial charge is 0.320 e. The summed E-state index contributed by atoms with van der Waals surface area (Å²) >= 11 is 4.87. The van der Waals surface area contributed by atoms with Crippen molar-refractivity contribution in [2.24, 2.45) is 5.73 Å². The number of nitrogens with two attached hydrogens (primary N) is 1. The Balaban J connectivity index is 2.41. The topological polar surface area (TPSA) is 26.0 Å². The van der Waals surface area contributed by atoms with Crippen LogP contribution in [-0.4, -0.2) is 0 Å². The average Bonchev–Trinajstić information content (AvgIpc) is 2.68. The van der Waals surface area contributed by atoms with Crippen LogP contribution in [0.2, 0.25) is 0 Å². The van der Waals surface area contributed by atoms with Gasteiger partial charge < -0.3 is 5.73 Å². The summed E-state index contributed by atoms with van der Waals surface area (Å²) in [7, 11) is 0. The number of halogens is 2. The van der Waals surface area contributed by atoms with Gasteiger partial charge in [0.15, 0.2) is 0 Å². The molecular formula is C12H11BrFNS. The first kappa shape index (κ1) is 11.8. The van der Waals surface area contributed by atoms with Crippen molar-refractivity contribution < 1.29 is 4.39 Å². The van der Waals surface area contributed by atoms with Crippen molar-refractivity contribution in [1.82, 2.24) is 0 Å². The summed E-state index contributed by atoms with van der Waals surface area (Å²) in [5.41, 5.74) is 6.89. The molecule has 1 heterocycles. The SMILES string of the molecule is Cc1ccc(C(N)c2cccc(F)c2Br)s1. The molecule has 2 rings (SSSR count). The van der Waals surface area contributed by atoms with Crippen LogP contribution >= 0.6 is 27.3 Å². The monoisotopic (exact) mass is 299 g/mol. The highest BCUT2D eigenvalue weighted by atomic mass is 79.9. The minimum absolute atomic E-state index is 0.274. The number of hydrogen-bond donors (Lipinski definition) is 1. The number of rotatable bonds is 2. The van der Waals surface area contributed by atoms with Gasteiger partial charge >= 0.3 is 0 Å². The zero-order valence-electron chi connectivity index (χ0n) is 8.71. The third-order valence-electron chi connectivity index (χ3n) is 2.38. The maximum atomic E-state index is 13.4. The highest BCUT2D eigenvalue weighted by Crippen LogP contribution is 2.31. The maximum absolute atomic E-state index is 13.4. The van der Waals surface area contributed by atoms with Gasteiger partial charge in [-0.1, -0.05) is 12.1 Å². The van der Waals surface area contributed by atoms with Crippen LogP contribution in [0.3, 0.4) is 0 Å². The molecule has 0 fully saturated rings. The summed E-state index contributed by atoms with van der Waals surface area (Å²) in [6.07, 6.45) is 0. The van der Waals surface area contributed by atoms with Gasteiger partial charge in [-0.05, 0) is 46.6 Å². The molecule has 0 aliphatic rings. The molecule has 2 aromatic rings. The van der Waals surface area contributed by atoms with Gasteiger partial charge in [-0.25, -0.2) is 4.39 Å². The van der Waals surface area contributed by atoms with Gasteiger partial charge in [-0.2, -0.15) is 0 Å². The molecule has 1 nitrogen and oxygen atoms in total. The molecular weight excluding hydrogens is 289 g/mol. The van der Waals surface area contributed by atoms with Crippen LogP contribution in [-0.2, 0) is 0 Å². The summed E-state index contributed by atoms with van der Waals surface area (Å²) in [4.78, 5) is 2.25. The lowest BCUT2D eigenvalue weighted by Crippen LogP contribution is -2.11. The molecule has 0 aliphatic heterocycles. The van der Waals surface area contributed by atoms with Crippen LogP contribution < -0.4 is 5.73 Å². The fourth-order valence-corrected chi connectivity index (χ4v) is 2.94. The zero-order valence-corrected chi connectivity index (χ0v) is 11.1. The fourth-order valence-electron chi connectivity index (χ4n) is 1.53. The first-order valence-electron chi connectivity index (χ1n) is 4.85. The van der Waals surface area contributed by atoms with E-state index in [2.05, 4.69) is 15.9 Å². The normalized spacial score (nSPS) is 12.8. The summed E-state index contributed by atoms with van der Waals surface area (Å²) < 4.78 is 13.8. The average molecular weight is 300 g/mol. The molecule has 0 bridgehead atoms. The van der Waals surface area contributed by atoms with Crippen molar-refractivity contribution >= 4 is 27.3 Å². The summed E-state index contributed by atoms with van der Waals surface area (Å²) in [6, 6.07) is 8.67. The smallest absolute Gasteiger partial charge is 0.137 e. The Bertz CT molecular complexity index is 509. The number of thiophene rings is 1. The van der Waals surface area contributed by atoms with E-state index in [1.54, 1.807) is 17.4 Å². The standard InChI is InChI=1S/C12H11BrFNS/c1-7-5-6-10(16-7)12(15)8-3-2-4-9(14)11(8)13/h2-6,12H,15H2,1H3. The first-order chi connectivity index (χ1) is 7.59. The fraction of sp³-hybridized carbons (Fsp3) is 0.167. The first-order valence-corrected chi connectivity index (χ1v) is 6.46. The van der Waals surface area contributed by atoms with E-state index >= 15 is 0 Å². The lowest BCUT2D eigenvalue weighted by atomic mass is 10.1. The van der Waals surface area contributed by atoms with Gasteiger partial charge in [0, 0.05) is 9.75 Å². The third kappa shape index (κ3) is 2.19. The molecule has 16 heavy (non-hydrogen) atoms. The second-order valence-corrected chi connectivity index (χ2v) is 5.68.